The predicted octanol–water partition coefficient (Wildman–Crippen LogP) is 3.46. The van der Waals surface area contributed by atoms with Gasteiger partial charge in [0.1, 0.15) is 0 Å². The van der Waals surface area contributed by atoms with Crippen LogP contribution in [0.3, 0.4) is 0 Å². The molecule has 1 unspecified atom stereocenters. The van der Waals surface area contributed by atoms with Gasteiger partial charge in [0.05, 0.1) is 12.1 Å². The molecule has 0 aliphatic heterocycles. The van der Waals surface area contributed by atoms with Crippen LogP contribution >= 0.6 is 23.4 Å². The van der Waals surface area contributed by atoms with Crippen LogP contribution in [-0.2, 0) is 5.75 Å². The molecular weight excluding hydrogens is 252 g/mol. The molecule has 0 bridgehead atoms. The Labute approximate surface area is 112 Å². The van der Waals surface area contributed by atoms with Crippen LogP contribution in [0.25, 0.3) is 0 Å². The van der Waals surface area contributed by atoms with E-state index in [4.69, 9.17) is 16.9 Å². The first-order valence-electron chi connectivity index (χ1n) is 5.71. The summed E-state index contributed by atoms with van der Waals surface area (Å²) in [5.41, 5.74) is 1.27. The minimum atomic E-state index is -0.0160. The normalized spacial score (nSPS) is 12.1. The molecule has 1 rings (SSSR count). The number of nitrogens with zero attached hydrogens (tertiary/aromatic N) is 1. The quantitative estimate of drug-likeness (QED) is 0.770. The average Bonchev–Trinajstić information content (AvgIpc) is 2.35. The first-order chi connectivity index (χ1) is 8.26. The monoisotopic (exact) mass is 268 g/mol. The van der Waals surface area contributed by atoms with Crippen LogP contribution < -0.4 is 5.32 Å². The second-order valence-electron chi connectivity index (χ2n) is 3.71. The number of thioether (sulfide) groups is 1. The van der Waals surface area contributed by atoms with Gasteiger partial charge in [-0.1, -0.05) is 30.7 Å². The van der Waals surface area contributed by atoms with E-state index in [1.54, 1.807) is 0 Å². The lowest BCUT2D eigenvalue weighted by Gasteiger charge is -2.08. The third kappa shape index (κ3) is 5.97. The van der Waals surface area contributed by atoms with Gasteiger partial charge in [-0.3, -0.25) is 0 Å². The minimum Gasteiger partial charge on any atom is -0.302 e. The summed E-state index contributed by atoms with van der Waals surface area (Å²) in [5, 5.41) is 12.8. The molecule has 0 saturated heterocycles. The first kappa shape index (κ1) is 14.4. The molecule has 1 atom stereocenters. The predicted molar refractivity (Wildman–Crippen MR) is 75.3 cm³/mol. The Bertz CT molecular complexity index is 359. The second-order valence-corrected chi connectivity index (χ2v) is 5.25. The van der Waals surface area contributed by atoms with Gasteiger partial charge in [-0.15, -0.1) is 0 Å². The average molecular weight is 269 g/mol. The third-order valence-corrected chi connectivity index (χ3v) is 3.65. The van der Waals surface area contributed by atoms with E-state index in [9.17, 15) is 0 Å². The molecule has 2 nitrogen and oxygen atoms in total. The van der Waals surface area contributed by atoms with Crippen molar-refractivity contribution in [2.75, 3.05) is 12.3 Å². The van der Waals surface area contributed by atoms with E-state index in [0.29, 0.717) is 0 Å². The highest BCUT2D eigenvalue weighted by Crippen LogP contribution is 2.16. The summed E-state index contributed by atoms with van der Waals surface area (Å²) in [5.74, 6) is 1.97. The number of rotatable bonds is 7. The lowest BCUT2D eigenvalue weighted by atomic mass is 10.2. The first-order valence-corrected chi connectivity index (χ1v) is 7.24. The molecule has 92 valence electrons. The lowest BCUT2D eigenvalue weighted by molar-refractivity contribution is 0.613. The van der Waals surface area contributed by atoms with Crippen molar-refractivity contribution in [1.29, 1.82) is 5.26 Å². The van der Waals surface area contributed by atoms with Crippen molar-refractivity contribution in [3.63, 3.8) is 0 Å². The van der Waals surface area contributed by atoms with Gasteiger partial charge in [-0.05, 0) is 36.4 Å². The summed E-state index contributed by atoms with van der Waals surface area (Å²) in [7, 11) is 0. The van der Waals surface area contributed by atoms with Crippen molar-refractivity contribution >= 4 is 23.4 Å². The van der Waals surface area contributed by atoms with Gasteiger partial charge in [0.25, 0.3) is 0 Å². The molecular formula is C13H17ClN2S. The van der Waals surface area contributed by atoms with Gasteiger partial charge >= 0.3 is 0 Å². The van der Waals surface area contributed by atoms with Crippen LogP contribution in [0.1, 0.15) is 18.9 Å². The van der Waals surface area contributed by atoms with Gasteiger partial charge in [0.15, 0.2) is 0 Å². The SMILES string of the molecule is CCNC(C#N)CCSCc1ccc(Cl)cc1. The summed E-state index contributed by atoms with van der Waals surface area (Å²) < 4.78 is 0. The van der Waals surface area contributed by atoms with Crippen molar-refractivity contribution in [1.82, 2.24) is 5.32 Å². The minimum absolute atomic E-state index is 0.0160. The van der Waals surface area contributed by atoms with E-state index in [0.717, 1.165) is 29.5 Å². The largest absolute Gasteiger partial charge is 0.302 e. The number of nitrogens with one attached hydrogen (secondary N) is 1. The fraction of sp³-hybridized carbons (Fsp3) is 0.462. The van der Waals surface area contributed by atoms with Crippen LogP contribution in [-0.4, -0.2) is 18.3 Å². The summed E-state index contributed by atoms with van der Waals surface area (Å²) in [6.45, 7) is 2.87. The lowest BCUT2D eigenvalue weighted by Crippen LogP contribution is -2.27. The summed E-state index contributed by atoms with van der Waals surface area (Å²) in [6, 6.07) is 10.2. The fourth-order valence-corrected chi connectivity index (χ4v) is 2.53. The maximum atomic E-state index is 8.87. The van der Waals surface area contributed by atoms with Crippen molar-refractivity contribution in [2.24, 2.45) is 0 Å². The molecule has 1 N–H and O–H groups in total. The van der Waals surface area contributed by atoms with Crippen LogP contribution in [0.15, 0.2) is 24.3 Å². The molecule has 17 heavy (non-hydrogen) atoms. The van der Waals surface area contributed by atoms with Crippen LogP contribution in [0, 0.1) is 11.3 Å². The fourth-order valence-electron chi connectivity index (χ4n) is 1.43. The zero-order chi connectivity index (χ0) is 12.5. The smallest absolute Gasteiger partial charge is 0.0960 e. The Morgan fingerprint density at radius 3 is 2.71 bits per heavy atom. The molecule has 0 fully saturated rings. The van der Waals surface area contributed by atoms with E-state index >= 15 is 0 Å². The molecule has 1 aromatic carbocycles. The van der Waals surface area contributed by atoms with E-state index in [1.165, 1.54) is 5.56 Å². The molecule has 0 saturated carbocycles. The highest BCUT2D eigenvalue weighted by Gasteiger charge is 2.04. The number of nitriles is 1. The van der Waals surface area contributed by atoms with Crippen molar-refractivity contribution in [2.45, 2.75) is 25.1 Å². The zero-order valence-electron chi connectivity index (χ0n) is 9.95. The Hall–Kier alpha value is -0.690. The maximum Gasteiger partial charge on any atom is 0.0960 e. The summed E-state index contributed by atoms with van der Waals surface area (Å²) in [4.78, 5) is 0. The maximum absolute atomic E-state index is 8.87. The van der Waals surface area contributed by atoms with Crippen molar-refractivity contribution in [3.05, 3.63) is 34.9 Å². The topological polar surface area (TPSA) is 35.8 Å². The Kier molecular flexibility index (Phi) is 7.11. The Balaban J connectivity index is 2.20. The summed E-state index contributed by atoms with van der Waals surface area (Å²) in [6.07, 6.45) is 0.891. The number of halogens is 1. The van der Waals surface area contributed by atoms with Crippen LogP contribution in [0.2, 0.25) is 5.02 Å². The van der Waals surface area contributed by atoms with Crippen molar-refractivity contribution < 1.29 is 0 Å². The van der Waals surface area contributed by atoms with E-state index in [1.807, 2.05) is 43.0 Å². The molecule has 0 spiro atoms. The Morgan fingerprint density at radius 2 is 2.12 bits per heavy atom. The van der Waals surface area contributed by atoms with Crippen molar-refractivity contribution in [3.8, 4) is 6.07 Å². The van der Waals surface area contributed by atoms with E-state index in [2.05, 4.69) is 11.4 Å². The molecule has 0 heterocycles. The highest BCUT2D eigenvalue weighted by atomic mass is 35.5. The van der Waals surface area contributed by atoms with Gasteiger partial charge in [-0.2, -0.15) is 17.0 Å². The summed E-state index contributed by atoms with van der Waals surface area (Å²) >= 11 is 7.66. The van der Waals surface area contributed by atoms with Crippen LogP contribution in [0.5, 0.6) is 0 Å². The Morgan fingerprint density at radius 1 is 1.41 bits per heavy atom. The zero-order valence-corrected chi connectivity index (χ0v) is 11.5. The van der Waals surface area contributed by atoms with Gasteiger partial charge in [-0.25, -0.2) is 0 Å². The van der Waals surface area contributed by atoms with Crippen LogP contribution in [0.4, 0.5) is 0 Å². The molecule has 0 aliphatic carbocycles. The van der Waals surface area contributed by atoms with Gasteiger partial charge in [0.2, 0.25) is 0 Å². The molecule has 0 radical (unpaired) electrons. The number of hydrogen-bond donors (Lipinski definition) is 1. The standard InChI is InChI=1S/C13H17ClN2S/c1-2-16-13(9-15)7-8-17-10-11-3-5-12(14)6-4-11/h3-6,13,16H,2,7-8,10H2,1H3. The molecule has 1 aromatic rings. The molecule has 4 heteroatoms. The molecule has 0 aromatic heterocycles. The van der Waals surface area contributed by atoms with E-state index in [-0.39, 0.29) is 6.04 Å². The van der Waals surface area contributed by atoms with Gasteiger partial charge < -0.3 is 5.32 Å². The molecule has 0 aliphatic rings. The third-order valence-electron chi connectivity index (χ3n) is 2.34. The highest BCUT2D eigenvalue weighted by molar-refractivity contribution is 7.98. The number of benzene rings is 1. The van der Waals surface area contributed by atoms with Gasteiger partial charge in [0, 0.05) is 10.8 Å². The van der Waals surface area contributed by atoms with E-state index < -0.39 is 0 Å². The second kappa shape index (κ2) is 8.41. The molecule has 0 amide bonds. The number of hydrogen-bond acceptors (Lipinski definition) is 3.